The molecule has 0 saturated heterocycles. The fourth-order valence-electron chi connectivity index (χ4n) is 1.67. The summed E-state index contributed by atoms with van der Waals surface area (Å²) in [6, 6.07) is 6.46. The molecule has 1 aromatic carbocycles. The van der Waals surface area contributed by atoms with Gasteiger partial charge in [-0.15, -0.1) is 0 Å². The maximum absolute atomic E-state index is 13.2. The van der Waals surface area contributed by atoms with E-state index >= 15 is 0 Å². The Morgan fingerprint density at radius 2 is 2.27 bits per heavy atom. The van der Waals surface area contributed by atoms with E-state index in [2.05, 4.69) is 5.32 Å². The van der Waals surface area contributed by atoms with Gasteiger partial charge in [-0.1, -0.05) is 6.42 Å². The van der Waals surface area contributed by atoms with Crippen LogP contribution in [0.3, 0.4) is 0 Å². The highest BCUT2D eigenvalue weighted by Crippen LogP contribution is 2.26. The molecular formula is C12H13FN2. The van der Waals surface area contributed by atoms with E-state index < -0.39 is 5.82 Å². The molecule has 3 heteroatoms. The van der Waals surface area contributed by atoms with E-state index in [1.165, 1.54) is 31.4 Å². The number of nitrogens with one attached hydrogen (secondary N) is 1. The van der Waals surface area contributed by atoms with Crippen LogP contribution >= 0.6 is 0 Å². The standard InChI is InChI=1S/C12H13FN2/c13-12-6-11(5-4-10(12)7-14)15-8-9-2-1-3-9/h4-6,9,15H,1-3,8H2. The third-order valence-electron chi connectivity index (χ3n) is 2.91. The van der Waals surface area contributed by atoms with Crippen LogP contribution in [-0.2, 0) is 0 Å². The van der Waals surface area contributed by atoms with Gasteiger partial charge >= 0.3 is 0 Å². The lowest BCUT2D eigenvalue weighted by Gasteiger charge is -2.25. The van der Waals surface area contributed by atoms with Gasteiger partial charge in [0.05, 0.1) is 5.56 Å². The quantitative estimate of drug-likeness (QED) is 0.821. The van der Waals surface area contributed by atoms with E-state index in [-0.39, 0.29) is 5.56 Å². The van der Waals surface area contributed by atoms with E-state index in [0.29, 0.717) is 0 Å². The summed E-state index contributed by atoms with van der Waals surface area (Å²) in [5.41, 5.74) is 0.864. The molecule has 15 heavy (non-hydrogen) atoms. The van der Waals surface area contributed by atoms with Crippen molar-refractivity contribution >= 4 is 5.69 Å². The van der Waals surface area contributed by atoms with Gasteiger partial charge in [0.25, 0.3) is 0 Å². The molecule has 0 unspecified atom stereocenters. The van der Waals surface area contributed by atoms with Crippen molar-refractivity contribution in [2.75, 3.05) is 11.9 Å². The van der Waals surface area contributed by atoms with Gasteiger partial charge in [-0.2, -0.15) is 5.26 Å². The van der Waals surface area contributed by atoms with Crippen LogP contribution in [0.4, 0.5) is 10.1 Å². The maximum atomic E-state index is 13.2. The molecule has 2 nitrogen and oxygen atoms in total. The molecule has 1 saturated carbocycles. The van der Waals surface area contributed by atoms with Crippen LogP contribution in [0.5, 0.6) is 0 Å². The summed E-state index contributed by atoms with van der Waals surface area (Å²) in [6.07, 6.45) is 3.85. The lowest BCUT2D eigenvalue weighted by molar-refractivity contribution is 0.333. The van der Waals surface area contributed by atoms with Crippen LogP contribution in [0.1, 0.15) is 24.8 Å². The van der Waals surface area contributed by atoms with Crippen LogP contribution in [-0.4, -0.2) is 6.54 Å². The normalized spacial score (nSPS) is 15.5. The molecule has 1 aromatic rings. The zero-order valence-corrected chi connectivity index (χ0v) is 8.46. The highest BCUT2D eigenvalue weighted by Gasteiger charge is 2.16. The van der Waals surface area contributed by atoms with Gasteiger partial charge in [0.1, 0.15) is 11.9 Å². The molecule has 2 rings (SSSR count). The van der Waals surface area contributed by atoms with Crippen molar-refractivity contribution in [2.45, 2.75) is 19.3 Å². The molecule has 1 aliphatic rings. The number of nitrogens with zero attached hydrogens (tertiary/aromatic N) is 1. The zero-order chi connectivity index (χ0) is 10.7. The molecule has 0 spiro atoms. The minimum absolute atomic E-state index is 0.101. The maximum Gasteiger partial charge on any atom is 0.143 e. The third kappa shape index (κ3) is 2.27. The van der Waals surface area contributed by atoms with Crippen molar-refractivity contribution in [3.63, 3.8) is 0 Å². The number of benzene rings is 1. The van der Waals surface area contributed by atoms with Crippen molar-refractivity contribution in [3.8, 4) is 6.07 Å². The van der Waals surface area contributed by atoms with Crippen LogP contribution in [0.25, 0.3) is 0 Å². The second kappa shape index (κ2) is 4.31. The third-order valence-corrected chi connectivity index (χ3v) is 2.91. The fourth-order valence-corrected chi connectivity index (χ4v) is 1.67. The molecule has 0 bridgehead atoms. The zero-order valence-electron chi connectivity index (χ0n) is 8.46. The summed E-state index contributed by atoms with van der Waals surface area (Å²) in [6.45, 7) is 0.908. The van der Waals surface area contributed by atoms with E-state index in [1.54, 1.807) is 12.1 Å². The molecule has 78 valence electrons. The molecule has 0 amide bonds. The molecule has 0 atom stereocenters. The molecule has 1 aliphatic carbocycles. The van der Waals surface area contributed by atoms with Gasteiger partial charge in [0.15, 0.2) is 0 Å². The van der Waals surface area contributed by atoms with Crippen LogP contribution < -0.4 is 5.32 Å². The molecule has 0 aromatic heterocycles. The van der Waals surface area contributed by atoms with Gasteiger partial charge in [0, 0.05) is 12.2 Å². The number of nitriles is 1. The fraction of sp³-hybridized carbons (Fsp3) is 0.417. The molecule has 0 heterocycles. The Morgan fingerprint density at radius 1 is 1.47 bits per heavy atom. The van der Waals surface area contributed by atoms with Crippen LogP contribution in [0.2, 0.25) is 0 Å². The van der Waals surface area contributed by atoms with Crippen molar-refractivity contribution in [1.82, 2.24) is 0 Å². The minimum Gasteiger partial charge on any atom is -0.385 e. The summed E-state index contributed by atoms with van der Waals surface area (Å²) in [5, 5.41) is 11.8. The van der Waals surface area contributed by atoms with Gasteiger partial charge in [0.2, 0.25) is 0 Å². The molecule has 0 aliphatic heterocycles. The summed E-state index contributed by atoms with van der Waals surface area (Å²) in [7, 11) is 0. The number of halogens is 1. The van der Waals surface area contributed by atoms with Crippen molar-refractivity contribution < 1.29 is 4.39 Å². The van der Waals surface area contributed by atoms with Gasteiger partial charge in [-0.25, -0.2) is 4.39 Å². The highest BCUT2D eigenvalue weighted by atomic mass is 19.1. The molecular weight excluding hydrogens is 191 g/mol. The number of hydrogen-bond acceptors (Lipinski definition) is 2. The monoisotopic (exact) mass is 204 g/mol. The van der Waals surface area contributed by atoms with Crippen LogP contribution in [0.15, 0.2) is 18.2 Å². The number of hydrogen-bond donors (Lipinski definition) is 1. The lowest BCUT2D eigenvalue weighted by atomic mass is 9.85. The Kier molecular flexibility index (Phi) is 2.86. The summed E-state index contributed by atoms with van der Waals surface area (Å²) >= 11 is 0. The van der Waals surface area contributed by atoms with Gasteiger partial charge in [-0.3, -0.25) is 0 Å². The van der Waals surface area contributed by atoms with Crippen molar-refractivity contribution in [1.29, 1.82) is 5.26 Å². The Bertz CT molecular complexity index is 391. The Labute approximate surface area is 88.7 Å². The predicted molar refractivity (Wildman–Crippen MR) is 56.9 cm³/mol. The first-order valence-corrected chi connectivity index (χ1v) is 5.23. The first kappa shape index (κ1) is 9.97. The SMILES string of the molecule is N#Cc1ccc(NCC2CCC2)cc1F. The van der Waals surface area contributed by atoms with E-state index in [9.17, 15) is 4.39 Å². The molecule has 1 fully saturated rings. The highest BCUT2D eigenvalue weighted by molar-refractivity contribution is 5.48. The summed E-state index contributed by atoms with van der Waals surface area (Å²) < 4.78 is 13.2. The average molecular weight is 204 g/mol. The van der Waals surface area contributed by atoms with E-state index in [0.717, 1.165) is 18.2 Å². The number of anilines is 1. The molecule has 1 N–H and O–H groups in total. The summed E-state index contributed by atoms with van der Waals surface area (Å²) in [4.78, 5) is 0. The number of rotatable bonds is 3. The van der Waals surface area contributed by atoms with Crippen molar-refractivity contribution in [3.05, 3.63) is 29.6 Å². The topological polar surface area (TPSA) is 35.8 Å². The van der Waals surface area contributed by atoms with Gasteiger partial charge < -0.3 is 5.32 Å². The Morgan fingerprint density at radius 3 is 2.80 bits per heavy atom. The average Bonchev–Trinajstić information content (AvgIpc) is 2.16. The minimum atomic E-state index is -0.448. The largest absolute Gasteiger partial charge is 0.385 e. The first-order chi connectivity index (χ1) is 7.29. The second-order valence-electron chi connectivity index (χ2n) is 3.98. The molecule has 0 radical (unpaired) electrons. The first-order valence-electron chi connectivity index (χ1n) is 5.23. The smallest absolute Gasteiger partial charge is 0.143 e. The van der Waals surface area contributed by atoms with Gasteiger partial charge in [-0.05, 0) is 37.0 Å². The Balaban J connectivity index is 1.97. The van der Waals surface area contributed by atoms with E-state index in [1.807, 2.05) is 0 Å². The Hall–Kier alpha value is -1.56. The summed E-state index contributed by atoms with van der Waals surface area (Å²) in [5.74, 6) is 0.291. The lowest BCUT2D eigenvalue weighted by Crippen LogP contribution is -2.20. The second-order valence-corrected chi connectivity index (χ2v) is 3.98. The van der Waals surface area contributed by atoms with E-state index in [4.69, 9.17) is 5.26 Å². The van der Waals surface area contributed by atoms with Crippen LogP contribution in [0, 0.1) is 23.1 Å². The van der Waals surface area contributed by atoms with Crippen molar-refractivity contribution in [2.24, 2.45) is 5.92 Å². The predicted octanol–water partition coefficient (Wildman–Crippen LogP) is 2.91.